The molecule has 4 heteroatoms. The fraction of sp³-hybridized carbons (Fsp3) is 0.286. The fourth-order valence-electron chi connectivity index (χ4n) is 3.13. The highest BCUT2D eigenvalue weighted by Crippen LogP contribution is 2.29. The van der Waals surface area contributed by atoms with Crippen LogP contribution in [-0.4, -0.2) is 36.0 Å². The standard InChI is InChI=1S/C21H23BrN2O/c1-14-9-10-17-16(11-12-23(3)4)13-24(20(17)15(14)2)21(25)18-7-5-6-8-19(18)22/h5-10,13H,11-12H2,1-4H3. The van der Waals surface area contributed by atoms with Crippen LogP contribution in [0, 0.1) is 13.8 Å². The van der Waals surface area contributed by atoms with Crippen molar-refractivity contribution in [3.63, 3.8) is 0 Å². The molecule has 3 aromatic rings. The molecule has 0 atom stereocenters. The number of rotatable bonds is 4. The van der Waals surface area contributed by atoms with Crippen molar-refractivity contribution in [2.45, 2.75) is 20.3 Å². The maximum Gasteiger partial charge on any atom is 0.263 e. The molecular weight excluding hydrogens is 376 g/mol. The summed E-state index contributed by atoms with van der Waals surface area (Å²) >= 11 is 3.51. The smallest absolute Gasteiger partial charge is 0.263 e. The van der Waals surface area contributed by atoms with Crippen molar-refractivity contribution in [2.24, 2.45) is 0 Å². The van der Waals surface area contributed by atoms with Crippen LogP contribution in [0.4, 0.5) is 0 Å². The number of nitrogens with zero attached hydrogens (tertiary/aromatic N) is 2. The number of aromatic nitrogens is 1. The molecule has 2 aromatic carbocycles. The first-order valence-corrected chi connectivity index (χ1v) is 9.23. The molecule has 0 radical (unpaired) electrons. The number of fused-ring (bicyclic) bond motifs is 1. The minimum Gasteiger partial charge on any atom is -0.309 e. The van der Waals surface area contributed by atoms with Gasteiger partial charge in [0.05, 0.1) is 11.1 Å². The Morgan fingerprint density at radius 1 is 1.12 bits per heavy atom. The SMILES string of the molecule is Cc1ccc2c(CCN(C)C)cn(C(=O)c3ccccc3Br)c2c1C. The minimum absolute atomic E-state index is 0.00211. The van der Waals surface area contributed by atoms with Gasteiger partial charge in [-0.2, -0.15) is 0 Å². The van der Waals surface area contributed by atoms with Gasteiger partial charge in [-0.3, -0.25) is 9.36 Å². The molecule has 3 nitrogen and oxygen atoms in total. The molecule has 0 unspecified atom stereocenters. The normalized spacial score (nSPS) is 11.4. The average Bonchev–Trinajstić information content (AvgIpc) is 2.95. The Bertz CT molecular complexity index is 940. The van der Waals surface area contributed by atoms with E-state index in [1.807, 2.05) is 35.0 Å². The lowest BCUT2D eigenvalue weighted by molar-refractivity contribution is 0.0964. The molecule has 1 aromatic heterocycles. The second-order valence-corrected chi connectivity index (χ2v) is 7.62. The number of carbonyl (C=O) groups excluding carboxylic acids is 1. The van der Waals surface area contributed by atoms with Crippen molar-refractivity contribution in [2.75, 3.05) is 20.6 Å². The monoisotopic (exact) mass is 398 g/mol. The second kappa shape index (κ2) is 7.14. The third-order valence-corrected chi connectivity index (χ3v) is 5.42. The number of carbonyl (C=O) groups is 1. The molecule has 0 saturated carbocycles. The molecule has 0 aliphatic heterocycles. The van der Waals surface area contributed by atoms with Crippen molar-refractivity contribution in [3.8, 4) is 0 Å². The summed E-state index contributed by atoms with van der Waals surface area (Å²) in [5.41, 5.74) is 5.28. The molecule has 3 rings (SSSR count). The van der Waals surface area contributed by atoms with Crippen LogP contribution in [0.25, 0.3) is 10.9 Å². The van der Waals surface area contributed by atoms with E-state index in [1.54, 1.807) is 0 Å². The zero-order valence-corrected chi connectivity index (χ0v) is 16.7. The van der Waals surface area contributed by atoms with Crippen LogP contribution in [0.3, 0.4) is 0 Å². The molecule has 0 bridgehead atoms. The molecule has 0 spiro atoms. The van der Waals surface area contributed by atoms with E-state index in [0.717, 1.165) is 28.5 Å². The number of halogens is 1. The average molecular weight is 399 g/mol. The van der Waals surface area contributed by atoms with Crippen LogP contribution in [0.2, 0.25) is 0 Å². The molecule has 130 valence electrons. The van der Waals surface area contributed by atoms with Crippen LogP contribution in [-0.2, 0) is 6.42 Å². The number of aryl methyl sites for hydroxylation is 2. The summed E-state index contributed by atoms with van der Waals surface area (Å²) in [5.74, 6) is 0.00211. The van der Waals surface area contributed by atoms with Gasteiger partial charge >= 0.3 is 0 Å². The summed E-state index contributed by atoms with van der Waals surface area (Å²) in [7, 11) is 4.14. The van der Waals surface area contributed by atoms with Crippen LogP contribution >= 0.6 is 15.9 Å². The molecule has 0 aliphatic rings. The van der Waals surface area contributed by atoms with Crippen LogP contribution in [0.5, 0.6) is 0 Å². The quantitative estimate of drug-likeness (QED) is 0.629. The van der Waals surface area contributed by atoms with E-state index in [1.165, 1.54) is 16.5 Å². The third kappa shape index (κ3) is 3.42. The zero-order valence-electron chi connectivity index (χ0n) is 15.1. The molecule has 0 aliphatic carbocycles. The van der Waals surface area contributed by atoms with Gasteiger partial charge in [0.1, 0.15) is 0 Å². The first kappa shape index (κ1) is 17.9. The number of likely N-dealkylation sites (N-methyl/N-ethyl adjacent to an activating group) is 1. The Morgan fingerprint density at radius 2 is 1.84 bits per heavy atom. The number of benzene rings is 2. The molecule has 1 heterocycles. The van der Waals surface area contributed by atoms with Crippen molar-refractivity contribution >= 4 is 32.7 Å². The van der Waals surface area contributed by atoms with Gasteiger partial charge in [-0.25, -0.2) is 0 Å². The van der Waals surface area contributed by atoms with Crippen molar-refractivity contribution in [3.05, 3.63) is 69.3 Å². The van der Waals surface area contributed by atoms with Crippen LogP contribution < -0.4 is 0 Å². The predicted octanol–water partition coefficient (Wildman–Crippen LogP) is 4.81. The van der Waals surface area contributed by atoms with Gasteiger partial charge in [-0.05, 0) is 79.1 Å². The molecule has 0 N–H and O–H groups in total. The van der Waals surface area contributed by atoms with E-state index in [4.69, 9.17) is 0 Å². The van der Waals surface area contributed by atoms with E-state index >= 15 is 0 Å². The Kier molecular flexibility index (Phi) is 5.11. The van der Waals surface area contributed by atoms with Crippen molar-refractivity contribution in [1.82, 2.24) is 9.47 Å². The Hall–Kier alpha value is -1.91. The van der Waals surface area contributed by atoms with Gasteiger partial charge in [0.2, 0.25) is 0 Å². The summed E-state index contributed by atoms with van der Waals surface area (Å²) in [5, 5.41) is 1.17. The van der Waals surface area contributed by atoms with Gasteiger partial charge in [0.25, 0.3) is 5.91 Å². The maximum atomic E-state index is 13.2. The maximum absolute atomic E-state index is 13.2. The number of hydrogen-bond acceptors (Lipinski definition) is 2. The lowest BCUT2D eigenvalue weighted by Crippen LogP contribution is -2.15. The molecule has 0 saturated heterocycles. The first-order chi connectivity index (χ1) is 11.9. The third-order valence-electron chi connectivity index (χ3n) is 4.73. The van der Waals surface area contributed by atoms with E-state index in [-0.39, 0.29) is 5.91 Å². The number of hydrogen-bond donors (Lipinski definition) is 0. The topological polar surface area (TPSA) is 25.2 Å². The summed E-state index contributed by atoms with van der Waals surface area (Å²) in [6.07, 6.45) is 2.94. The zero-order chi connectivity index (χ0) is 18.1. The van der Waals surface area contributed by atoms with E-state index in [0.29, 0.717) is 5.56 Å². The summed E-state index contributed by atoms with van der Waals surface area (Å²) in [6.45, 7) is 5.14. The van der Waals surface area contributed by atoms with E-state index in [2.05, 4.69) is 60.9 Å². The Balaban J connectivity index is 2.18. The minimum atomic E-state index is 0.00211. The largest absolute Gasteiger partial charge is 0.309 e. The highest BCUT2D eigenvalue weighted by molar-refractivity contribution is 9.10. The summed E-state index contributed by atoms with van der Waals surface area (Å²) in [4.78, 5) is 15.4. The lowest BCUT2D eigenvalue weighted by Gasteiger charge is -2.09. The van der Waals surface area contributed by atoms with Gasteiger partial charge in [0, 0.05) is 22.6 Å². The molecule has 25 heavy (non-hydrogen) atoms. The highest BCUT2D eigenvalue weighted by atomic mass is 79.9. The fourth-order valence-corrected chi connectivity index (χ4v) is 3.58. The first-order valence-electron chi connectivity index (χ1n) is 8.44. The summed E-state index contributed by atoms with van der Waals surface area (Å²) in [6, 6.07) is 11.9. The van der Waals surface area contributed by atoms with Crippen LogP contribution in [0.1, 0.15) is 27.0 Å². The van der Waals surface area contributed by atoms with Gasteiger partial charge < -0.3 is 4.90 Å². The van der Waals surface area contributed by atoms with Gasteiger partial charge in [-0.1, -0.05) is 24.3 Å². The highest BCUT2D eigenvalue weighted by Gasteiger charge is 2.19. The van der Waals surface area contributed by atoms with Crippen LogP contribution in [0.15, 0.2) is 47.1 Å². The second-order valence-electron chi connectivity index (χ2n) is 6.77. The summed E-state index contributed by atoms with van der Waals surface area (Å²) < 4.78 is 2.64. The van der Waals surface area contributed by atoms with Gasteiger partial charge in [-0.15, -0.1) is 0 Å². The Morgan fingerprint density at radius 3 is 2.52 bits per heavy atom. The Labute approximate surface area is 157 Å². The van der Waals surface area contributed by atoms with Crippen molar-refractivity contribution < 1.29 is 4.79 Å². The molecular formula is C21H23BrN2O. The predicted molar refractivity (Wildman–Crippen MR) is 108 cm³/mol. The van der Waals surface area contributed by atoms with E-state index in [9.17, 15) is 4.79 Å². The van der Waals surface area contributed by atoms with Crippen molar-refractivity contribution in [1.29, 1.82) is 0 Å². The molecule has 0 amide bonds. The van der Waals surface area contributed by atoms with Gasteiger partial charge in [0.15, 0.2) is 0 Å². The molecule has 0 fully saturated rings. The van der Waals surface area contributed by atoms with E-state index < -0.39 is 0 Å². The lowest BCUT2D eigenvalue weighted by atomic mass is 10.0.